The van der Waals surface area contributed by atoms with Gasteiger partial charge in [0.25, 0.3) is 0 Å². The van der Waals surface area contributed by atoms with Gasteiger partial charge >= 0.3 is 0 Å². The largest absolute Gasteiger partial charge is 0.312 e. The molecule has 1 nitrogen and oxygen atoms in total. The maximum atomic E-state index is 3.31. The van der Waals surface area contributed by atoms with Gasteiger partial charge in [0.05, 0.1) is 0 Å². The van der Waals surface area contributed by atoms with Crippen LogP contribution in [0.15, 0.2) is 34.8 Å². The molecule has 0 aliphatic carbocycles. The molecule has 0 aromatic heterocycles. The SMILES string of the molecule is Br.Br.Brc1ccccc1.CN(C)C. The molecule has 0 unspecified atom stereocenters. The van der Waals surface area contributed by atoms with Crippen molar-refractivity contribution in [1.82, 2.24) is 4.90 Å². The van der Waals surface area contributed by atoms with E-state index in [0.29, 0.717) is 0 Å². The number of rotatable bonds is 0. The Morgan fingerprint density at radius 1 is 0.923 bits per heavy atom. The average molecular weight is 378 g/mol. The molecule has 0 aliphatic rings. The maximum Gasteiger partial charge on any atom is 0.0175 e. The molecule has 0 saturated carbocycles. The number of hydrogen-bond donors (Lipinski definition) is 0. The Labute approximate surface area is 110 Å². The Kier molecular flexibility index (Phi) is 18.7. The van der Waals surface area contributed by atoms with E-state index in [4.69, 9.17) is 0 Å². The second-order valence-electron chi connectivity index (χ2n) is 2.64. The summed E-state index contributed by atoms with van der Waals surface area (Å²) >= 11 is 3.31. The summed E-state index contributed by atoms with van der Waals surface area (Å²) in [6.07, 6.45) is 0. The fourth-order valence-electron chi connectivity index (χ4n) is 0.415. The van der Waals surface area contributed by atoms with Crippen molar-refractivity contribution in [2.45, 2.75) is 0 Å². The van der Waals surface area contributed by atoms with E-state index in [1.165, 1.54) is 0 Å². The van der Waals surface area contributed by atoms with Crippen LogP contribution in [0.3, 0.4) is 0 Å². The first-order chi connectivity index (χ1) is 5.13. The van der Waals surface area contributed by atoms with Crippen LogP contribution in [0.4, 0.5) is 0 Å². The van der Waals surface area contributed by atoms with Crippen LogP contribution in [0.5, 0.6) is 0 Å². The molecule has 0 atom stereocenters. The van der Waals surface area contributed by atoms with E-state index in [9.17, 15) is 0 Å². The second-order valence-corrected chi connectivity index (χ2v) is 3.55. The first kappa shape index (κ1) is 19.2. The zero-order chi connectivity index (χ0) is 8.69. The Balaban J connectivity index is -0.000000150. The molecule has 1 rings (SSSR count). The van der Waals surface area contributed by atoms with Crippen molar-refractivity contribution < 1.29 is 0 Å². The molecule has 0 aliphatic heterocycles. The Morgan fingerprint density at radius 2 is 1.23 bits per heavy atom. The number of halogens is 3. The molecule has 1 aromatic carbocycles. The lowest BCUT2D eigenvalue weighted by Gasteiger charge is -1.90. The Hall–Kier alpha value is 0.620. The molecule has 0 fully saturated rings. The Bertz CT molecular complexity index is 175. The lowest BCUT2D eigenvalue weighted by atomic mass is 10.4. The fourth-order valence-corrected chi connectivity index (χ4v) is 0.720. The van der Waals surface area contributed by atoms with Crippen LogP contribution < -0.4 is 0 Å². The smallest absolute Gasteiger partial charge is 0.0175 e. The molecule has 0 spiro atoms. The summed E-state index contributed by atoms with van der Waals surface area (Å²) in [5.41, 5.74) is 0. The van der Waals surface area contributed by atoms with Crippen LogP contribution >= 0.6 is 49.9 Å². The number of nitrogens with zero attached hydrogens (tertiary/aromatic N) is 1. The van der Waals surface area contributed by atoms with E-state index < -0.39 is 0 Å². The molecular weight excluding hydrogens is 362 g/mol. The van der Waals surface area contributed by atoms with Gasteiger partial charge in [-0.1, -0.05) is 34.1 Å². The van der Waals surface area contributed by atoms with Gasteiger partial charge < -0.3 is 4.90 Å². The van der Waals surface area contributed by atoms with Crippen molar-refractivity contribution in [2.75, 3.05) is 21.1 Å². The van der Waals surface area contributed by atoms with Gasteiger partial charge in [-0.25, -0.2) is 0 Å². The van der Waals surface area contributed by atoms with E-state index in [2.05, 4.69) is 15.9 Å². The third-order valence-corrected chi connectivity index (χ3v) is 1.26. The van der Waals surface area contributed by atoms with Gasteiger partial charge in [-0.3, -0.25) is 0 Å². The molecule has 1 aromatic rings. The van der Waals surface area contributed by atoms with E-state index in [0.717, 1.165) is 4.47 Å². The predicted octanol–water partition coefficient (Wildman–Crippen LogP) is 3.78. The van der Waals surface area contributed by atoms with Crippen molar-refractivity contribution in [3.8, 4) is 0 Å². The van der Waals surface area contributed by atoms with Gasteiger partial charge in [-0.15, -0.1) is 34.0 Å². The topological polar surface area (TPSA) is 3.24 Å². The lowest BCUT2D eigenvalue weighted by molar-refractivity contribution is 0.505. The van der Waals surface area contributed by atoms with Gasteiger partial charge in [0.1, 0.15) is 0 Å². The highest BCUT2D eigenvalue weighted by Crippen LogP contribution is 2.05. The van der Waals surface area contributed by atoms with Crippen molar-refractivity contribution >= 4 is 49.9 Å². The molecule has 0 amide bonds. The van der Waals surface area contributed by atoms with Crippen LogP contribution in [0, 0.1) is 0 Å². The molecule has 0 N–H and O–H groups in total. The van der Waals surface area contributed by atoms with Crippen LogP contribution in [0.2, 0.25) is 0 Å². The van der Waals surface area contributed by atoms with Gasteiger partial charge in [-0.05, 0) is 33.3 Å². The van der Waals surface area contributed by atoms with E-state index in [-0.39, 0.29) is 34.0 Å². The lowest BCUT2D eigenvalue weighted by Crippen LogP contribution is -1.99. The van der Waals surface area contributed by atoms with E-state index in [1.54, 1.807) is 0 Å². The molecular formula is C9H16Br3N. The monoisotopic (exact) mass is 375 g/mol. The predicted molar refractivity (Wildman–Crippen MR) is 74.4 cm³/mol. The quantitative estimate of drug-likeness (QED) is 0.665. The molecule has 0 radical (unpaired) electrons. The maximum absolute atomic E-state index is 3.31. The summed E-state index contributed by atoms with van der Waals surface area (Å²) in [4.78, 5) is 2.00. The average Bonchev–Trinajstić information content (AvgIpc) is 1.87. The van der Waals surface area contributed by atoms with Crippen molar-refractivity contribution in [2.24, 2.45) is 0 Å². The summed E-state index contributed by atoms with van der Waals surface area (Å²) in [6, 6.07) is 9.97. The third kappa shape index (κ3) is 19.2. The van der Waals surface area contributed by atoms with Gasteiger partial charge in [0, 0.05) is 4.47 Å². The summed E-state index contributed by atoms with van der Waals surface area (Å²) in [7, 11) is 6.00. The van der Waals surface area contributed by atoms with Crippen LogP contribution in [0.25, 0.3) is 0 Å². The molecule has 4 heteroatoms. The molecule has 78 valence electrons. The van der Waals surface area contributed by atoms with Crippen molar-refractivity contribution in [3.05, 3.63) is 34.8 Å². The zero-order valence-electron chi connectivity index (χ0n) is 8.03. The molecule has 0 bridgehead atoms. The first-order valence-corrected chi connectivity index (χ1v) is 4.23. The Morgan fingerprint density at radius 3 is 1.38 bits per heavy atom. The molecule has 13 heavy (non-hydrogen) atoms. The van der Waals surface area contributed by atoms with Crippen LogP contribution in [-0.4, -0.2) is 26.0 Å². The second kappa shape index (κ2) is 12.6. The highest BCUT2D eigenvalue weighted by molar-refractivity contribution is 9.10. The highest BCUT2D eigenvalue weighted by atomic mass is 79.9. The van der Waals surface area contributed by atoms with Gasteiger partial charge in [0.15, 0.2) is 0 Å². The van der Waals surface area contributed by atoms with Gasteiger partial charge in [-0.2, -0.15) is 0 Å². The van der Waals surface area contributed by atoms with Crippen molar-refractivity contribution in [1.29, 1.82) is 0 Å². The summed E-state index contributed by atoms with van der Waals surface area (Å²) in [6.45, 7) is 0. The minimum atomic E-state index is 0. The van der Waals surface area contributed by atoms with Crippen molar-refractivity contribution in [3.63, 3.8) is 0 Å². The summed E-state index contributed by atoms with van der Waals surface area (Å²) in [5, 5.41) is 0. The number of hydrogen-bond acceptors (Lipinski definition) is 1. The minimum Gasteiger partial charge on any atom is -0.312 e. The first-order valence-electron chi connectivity index (χ1n) is 3.44. The molecule has 0 heterocycles. The summed E-state index contributed by atoms with van der Waals surface area (Å²) < 4.78 is 1.13. The van der Waals surface area contributed by atoms with E-state index in [1.807, 2.05) is 56.4 Å². The number of benzene rings is 1. The normalized spacial score (nSPS) is 7.46. The minimum absolute atomic E-state index is 0. The fraction of sp³-hybridized carbons (Fsp3) is 0.333. The standard InChI is InChI=1S/C6H5Br.C3H9N.2BrH/c7-6-4-2-1-3-5-6;1-4(2)3;;/h1-5H;1-3H3;2*1H. The zero-order valence-corrected chi connectivity index (χ0v) is 13.0. The van der Waals surface area contributed by atoms with Crippen LogP contribution in [0.1, 0.15) is 0 Å². The van der Waals surface area contributed by atoms with Crippen LogP contribution in [-0.2, 0) is 0 Å². The molecule has 0 saturated heterocycles. The van der Waals surface area contributed by atoms with Gasteiger partial charge in [0.2, 0.25) is 0 Å². The third-order valence-electron chi connectivity index (χ3n) is 0.733. The summed E-state index contributed by atoms with van der Waals surface area (Å²) in [5.74, 6) is 0. The van der Waals surface area contributed by atoms with E-state index >= 15 is 0 Å². The highest BCUT2D eigenvalue weighted by Gasteiger charge is 1.74.